The van der Waals surface area contributed by atoms with E-state index >= 15 is 0 Å². The van der Waals surface area contributed by atoms with Crippen LogP contribution in [0.4, 0.5) is 0 Å². The van der Waals surface area contributed by atoms with Gasteiger partial charge in [0.05, 0.1) is 27.6 Å². The van der Waals surface area contributed by atoms with Crippen LogP contribution in [-0.2, 0) is 12.8 Å². The molecule has 9 aromatic rings. The minimum absolute atomic E-state index is 1.18. The lowest BCUT2D eigenvalue weighted by Crippen LogP contribution is -1.88. The van der Waals surface area contributed by atoms with Gasteiger partial charge in [0, 0.05) is 43.4 Å². The van der Waals surface area contributed by atoms with E-state index in [0.717, 1.165) is 0 Å². The van der Waals surface area contributed by atoms with Gasteiger partial charge >= 0.3 is 0 Å². The molecule has 0 radical (unpaired) electrons. The minimum Gasteiger partial charge on any atom is -0.312 e. The van der Waals surface area contributed by atoms with E-state index in [4.69, 9.17) is 0 Å². The molecule has 0 saturated heterocycles. The molecule has 2 heteroatoms. The second kappa shape index (κ2) is 5.50. The second-order valence-corrected chi connectivity index (χ2v) is 10.4. The molecule has 0 bridgehead atoms. The summed E-state index contributed by atoms with van der Waals surface area (Å²) in [4.78, 5) is 0. The lowest BCUT2D eigenvalue weighted by Gasteiger charge is -2.04. The zero-order chi connectivity index (χ0) is 22.4. The van der Waals surface area contributed by atoms with Crippen molar-refractivity contribution in [2.75, 3.05) is 0 Å². The molecule has 35 heavy (non-hydrogen) atoms. The Bertz CT molecular complexity index is 2340. The summed E-state index contributed by atoms with van der Waals surface area (Å²) in [6.45, 7) is 0. The number of rotatable bonds is 0. The van der Waals surface area contributed by atoms with Gasteiger partial charge in [-0.05, 0) is 59.9 Å². The monoisotopic (exact) mass is 444 g/mol. The first kappa shape index (κ1) is 17.2. The molecule has 162 valence electrons. The van der Waals surface area contributed by atoms with Crippen LogP contribution in [0.25, 0.3) is 76.1 Å². The quantitative estimate of drug-likeness (QED) is 0.222. The average Bonchev–Trinajstić information content (AvgIpc) is 3.68. The molecule has 4 heterocycles. The van der Waals surface area contributed by atoms with Gasteiger partial charge in [0.25, 0.3) is 0 Å². The summed E-state index contributed by atoms with van der Waals surface area (Å²) in [6, 6.07) is 32.0. The fourth-order valence-corrected chi connectivity index (χ4v) is 7.59. The van der Waals surface area contributed by atoms with Gasteiger partial charge < -0.3 is 8.80 Å². The molecule has 0 atom stereocenters. The highest BCUT2D eigenvalue weighted by Crippen LogP contribution is 2.47. The van der Waals surface area contributed by atoms with Crippen LogP contribution < -0.4 is 0 Å². The van der Waals surface area contributed by atoms with E-state index in [0.29, 0.717) is 0 Å². The molecular weight excluding hydrogens is 424 g/mol. The maximum atomic E-state index is 2.63. The van der Waals surface area contributed by atoms with Crippen molar-refractivity contribution in [3.8, 4) is 0 Å². The highest BCUT2D eigenvalue weighted by Gasteiger charge is 2.27. The van der Waals surface area contributed by atoms with Crippen molar-refractivity contribution in [3.63, 3.8) is 0 Å². The standard InChI is InChI=1S/C33H20N2/c1-2-8-19-18(7-1)15-26-25-17-29-24(16-30(25)35-28-14-6-12-23(28)31(19)33(26)35)22-11-5-10-21-20-9-3-4-13-27(20)34(29)32(21)22/h1-5,7-11,13,15-17H,6,12,14H2. The van der Waals surface area contributed by atoms with Crippen LogP contribution in [0.2, 0.25) is 0 Å². The van der Waals surface area contributed by atoms with Gasteiger partial charge in [-0.25, -0.2) is 0 Å². The molecule has 0 fully saturated rings. The molecule has 5 aromatic carbocycles. The summed E-state index contributed by atoms with van der Waals surface area (Å²) in [5.41, 5.74) is 9.91. The number of para-hydroxylation sites is 2. The average molecular weight is 445 g/mol. The van der Waals surface area contributed by atoms with Crippen LogP contribution in [0.1, 0.15) is 17.7 Å². The molecule has 0 spiro atoms. The van der Waals surface area contributed by atoms with Crippen molar-refractivity contribution in [1.82, 2.24) is 8.80 Å². The van der Waals surface area contributed by atoms with Crippen LogP contribution in [0.15, 0.2) is 84.9 Å². The maximum Gasteiger partial charge on any atom is 0.0620 e. The van der Waals surface area contributed by atoms with Gasteiger partial charge in [-0.1, -0.05) is 60.7 Å². The molecular formula is C33H20N2. The van der Waals surface area contributed by atoms with Gasteiger partial charge in [-0.2, -0.15) is 0 Å². The molecule has 4 aromatic heterocycles. The Morgan fingerprint density at radius 1 is 0.486 bits per heavy atom. The first-order valence-corrected chi connectivity index (χ1v) is 12.7. The number of fused-ring (bicyclic) bond motifs is 14. The van der Waals surface area contributed by atoms with Crippen molar-refractivity contribution >= 4 is 76.1 Å². The summed E-state index contributed by atoms with van der Waals surface area (Å²) in [5, 5.41) is 12.4. The van der Waals surface area contributed by atoms with Crippen molar-refractivity contribution in [1.29, 1.82) is 0 Å². The predicted molar refractivity (Wildman–Crippen MR) is 148 cm³/mol. The normalized spacial score (nSPS) is 14.5. The first-order chi connectivity index (χ1) is 17.4. The van der Waals surface area contributed by atoms with Crippen LogP contribution >= 0.6 is 0 Å². The van der Waals surface area contributed by atoms with E-state index in [1.165, 1.54) is 101 Å². The lowest BCUT2D eigenvalue weighted by atomic mass is 9.99. The van der Waals surface area contributed by atoms with Gasteiger partial charge in [0.2, 0.25) is 0 Å². The largest absolute Gasteiger partial charge is 0.312 e. The van der Waals surface area contributed by atoms with Crippen molar-refractivity contribution in [2.45, 2.75) is 19.3 Å². The third-order valence-electron chi connectivity index (χ3n) is 8.88. The summed E-state index contributed by atoms with van der Waals surface area (Å²) < 4.78 is 5.13. The number of hydrogen-bond acceptors (Lipinski definition) is 0. The Labute approximate surface area is 200 Å². The van der Waals surface area contributed by atoms with Crippen LogP contribution in [0.3, 0.4) is 0 Å². The van der Waals surface area contributed by atoms with E-state index in [1.54, 1.807) is 5.56 Å². The lowest BCUT2D eigenvalue weighted by molar-refractivity contribution is 0.891. The molecule has 0 amide bonds. The Hall–Kier alpha value is -4.30. The van der Waals surface area contributed by atoms with E-state index in [9.17, 15) is 0 Å². The smallest absolute Gasteiger partial charge is 0.0620 e. The van der Waals surface area contributed by atoms with E-state index in [1.807, 2.05) is 0 Å². The SMILES string of the molecule is c1ccc2c(c1)cc1c3cc4c(cc3n3c5c(c2c13)CCC5)c1cccc2c3ccccc3n4c21. The fourth-order valence-electron chi connectivity index (χ4n) is 7.59. The second-order valence-electron chi connectivity index (χ2n) is 10.4. The topological polar surface area (TPSA) is 8.82 Å². The van der Waals surface area contributed by atoms with Crippen molar-refractivity contribution in [2.24, 2.45) is 0 Å². The molecule has 10 rings (SSSR count). The first-order valence-electron chi connectivity index (χ1n) is 12.7. The Morgan fingerprint density at radius 2 is 1.20 bits per heavy atom. The maximum absolute atomic E-state index is 2.63. The Morgan fingerprint density at radius 3 is 2.11 bits per heavy atom. The molecule has 0 aliphatic heterocycles. The molecule has 0 N–H and O–H groups in total. The molecule has 1 aliphatic carbocycles. The number of aryl methyl sites for hydroxylation is 2. The summed E-state index contributed by atoms with van der Waals surface area (Å²) in [6.07, 6.45) is 3.63. The molecule has 0 saturated carbocycles. The van der Waals surface area contributed by atoms with E-state index in [-0.39, 0.29) is 0 Å². The van der Waals surface area contributed by atoms with Gasteiger partial charge in [0.15, 0.2) is 0 Å². The minimum atomic E-state index is 1.18. The fraction of sp³-hybridized carbons (Fsp3) is 0.0909. The van der Waals surface area contributed by atoms with Crippen LogP contribution in [0.5, 0.6) is 0 Å². The van der Waals surface area contributed by atoms with E-state index in [2.05, 4.69) is 93.7 Å². The zero-order valence-electron chi connectivity index (χ0n) is 19.1. The number of hydrogen-bond donors (Lipinski definition) is 0. The number of aromatic nitrogens is 2. The van der Waals surface area contributed by atoms with Crippen molar-refractivity contribution in [3.05, 3.63) is 96.2 Å². The predicted octanol–water partition coefficient (Wildman–Crippen LogP) is 8.48. The van der Waals surface area contributed by atoms with Gasteiger partial charge in [0.1, 0.15) is 0 Å². The third-order valence-corrected chi connectivity index (χ3v) is 8.88. The summed E-state index contributed by atoms with van der Waals surface area (Å²) in [5.74, 6) is 0. The Kier molecular flexibility index (Phi) is 2.70. The summed E-state index contributed by atoms with van der Waals surface area (Å²) >= 11 is 0. The highest BCUT2D eigenvalue weighted by atomic mass is 14.9. The van der Waals surface area contributed by atoms with Crippen LogP contribution in [0, 0.1) is 0 Å². The number of nitrogens with zero attached hydrogens (tertiary/aromatic N) is 2. The molecule has 2 nitrogen and oxygen atoms in total. The van der Waals surface area contributed by atoms with Gasteiger partial charge in [-0.15, -0.1) is 0 Å². The number of benzene rings is 5. The molecule has 0 unspecified atom stereocenters. The third kappa shape index (κ3) is 1.76. The Balaban J connectivity index is 1.53. The molecule has 1 aliphatic rings. The van der Waals surface area contributed by atoms with E-state index < -0.39 is 0 Å². The van der Waals surface area contributed by atoms with Gasteiger partial charge in [-0.3, -0.25) is 0 Å². The highest BCUT2D eigenvalue weighted by molar-refractivity contribution is 6.29. The van der Waals surface area contributed by atoms with Crippen LogP contribution in [-0.4, -0.2) is 8.80 Å². The summed E-state index contributed by atoms with van der Waals surface area (Å²) in [7, 11) is 0. The zero-order valence-corrected chi connectivity index (χ0v) is 19.1. The van der Waals surface area contributed by atoms with Crippen molar-refractivity contribution < 1.29 is 0 Å².